The predicted molar refractivity (Wildman–Crippen MR) is 80.3 cm³/mol. The molecule has 5 heteroatoms. The second-order valence-corrected chi connectivity index (χ2v) is 5.47. The summed E-state index contributed by atoms with van der Waals surface area (Å²) < 4.78 is 0. The zero-order valence-electron chi connectivity index (χ0n) is 12.3. The van der Waals surface area contributed by atoms with E-state index in [9.17, 15) is 14.7 Å². The van der Waals surface area contributed by atoms with Gasteiger partial charge in [-0.25, -0.2) is 0 Å². The SMILES string of the molecule is CNCCc1ccccc1C(=O)NC1CCCC1C(=O)O. The molecular weight excluding hydrogens is 268 g/mol. The summed E-state index contributed by atoms with van der Waals surface area (Å²) in [5, 5.41) is 15.1. The minimum atomic E-state index is -0.818. The Morgan fingerprint density at radius 2 is 2.05 bits per heavy atom. The van der Waals surface area contributed by atoms with E-state index in [4.69, 9.17) is 0 Å². The van der Waals surface area contributed by atoms with E-state index in [1.54, 1.807) is 6.07 Å². The second kappa shape index (κ2) is 7.22. The third-order valence-corrected chi connectivity index (χ3v) is 4.06. The van der Waals surface area contributed by atoms with Crippen molar-refractivity contribution in [2.75, 3.05) is 13.6 Å². The van der Waals surface area contributed by atoms with Crippen LogP contribution in [0.4, 0.5) is 0 Å². The third-order valence-electron chi connectivity index (χ3n) is 4.06. The highest BCUT2D eigenvalue weighted by molar-refractivity contribution is 5.96. The van der Waals surface area contributed by atoms with Crippen molar-refractivity contribution >= 4 is 11.9 Å². The highest BCUT2D eigenvalue weighted by atomic mass is 16.4. The van der Waals surface area contributed by atoms with Crippen LogP contribution in [0.25, 0.3) is 0 Å². The number of hydrogen-bond acceptors (Lipinski definition) is 3. The highest BCUT2D eigenvalue weighted by Gasteiger charge is 2.34. The van der Waals surface area contributed by atoms with E-state index < -0.39 is 11.9 Å². The summed E-state index contributed by atoms with van der Waals surface area (Å²) in [5.74, 6) is -1.44. The Morgan fingerprint density at radius 3 is 2.76 bits per heavy atom. The number of amides is 1. The van der Waals surface area contributed by atoms with Crippen molar-refractivity contribution in [2.24, 2.45) is 5.92 Å². The van der Waals surface area contributed by atoms with E-state index in [0.717, 1.165) is 31.4 Å². The van der Waals surface area contributed by atoms with Crippen LogP contribution in [0.3, 0.4) is 0 Å². The summed E-state index contributed by atoms with van der Waals surface area (Å²) in [7, 11) is 1.87. The lowest BCUT2D eigenvalue weighted by molar-refractivity contribution is -0.142. The molecule has 3 N–H and O–H groups in total. The Morgan fingerprint density at radius 1 is 1.29 bits per heavy atom. The third kappa shape index (κ3) is 3.82. The number of carbonyl (C=O) groups excluding carboxylic acids is 1. The van der Waals surface area contributed by atoms with Gasteiger partial charge in [0.2, 0.25) is 0 Å². The van der Waals surface area contributed by atoms with Crippen molar-refractivity contribution < 1.29 is 14.7 Å². The molecule has 1 fully saturated rings. The molecule has 0 radical (unpaired) electrons. The molecule has 114 valence electrons. The molecule has 0 heterocycles. The molecule has 1 aromatic rings. The van der Waals surface area contributed by atoms with Crippen molar-refractivity contribution in [3.8, 4) is 0 Å². The smallest absolute Gasteiger partial charge is 0.308 e. The molecule has 2 rings (SSSR count). The van der Waals surface area contributed by atoms with Gasteiger partial charge in [0.1, 0.15) is 0 Å². The summed E-state index contributed by atoms with van der Waals surface area (Å²) in [6.45, 7) is 0.797. The molecule has 0 spiro atoms. The first-order valence-corrected chi connectivity index (χ1v) is 7.39. The van der Waals surface area contributed by atoms with E-state index >= 15 is 0 Å². The first-order chi connectivity index (χ1) is 10.1. The number of benzene rings is 1. The Hall–Kier alpha value is -1.88. The van der Waals surface area contributed by atoms with Crippen LogP contribution < -0.4 is 10.6 Å². The molecule has 0 bridgehead atoms. The van der Waals surface area contributed by atoms with Crippen LogP contribution in [0, 0.1) is 5.92 Å². The molecule has 5 nitrogen and oxygen atoms in total. The van der Waals surface area contributed by atoms with Crippen LogP contribution in [-0.2, 0) is 11.2 Å². The minimum absolute atomic E-state index is 0.167. The first-order valence-electron chi connectivity index (χ1n) is 7.39. The zero-order chi connectivity index (χ0) is 15.2. The average Bonchev–Trinajstić information content (AvgIpc) is 2.93. The Balaban J connectivity index is 2.08. The van der Waals surface area contributed by atoms with Crippen molar-refractivity contribution in [2.45, 2.75) is 31.7 Å². The van der Waals surface area contributed by atoms with E-state index in [-0.39, 0.29) is 11.9 Å². The van der Waals surface area contributed by atoms with Crippen LogP contribution in [0.1, 0.15) is 35.2 Å². The van der Waals surface area contributed by atoms with Gasteiger partial charge in [-0.2, -0.15) is 0 Å². The summed E-state index contributed by atoms with van der Waals surface area (Å²) in [5.41, 5.74) is 1.62. The van der Waals surface area contributed by atoms with Crippen LogP contribution >= 0.6 is 0 Å². The van der Waals surface area contributed by atoms with Gasteiger partial charge in [-0.15, -0.1) is 0 Å². The predicted octanol–water partition coefficient (Wildman–Crippen LogP) is 1.43. The minimum Gasteiger partial charge on any atom is -0.481 e. The molecule has 2 atom stereocenters. The van der Waals surface area contributed by atoms with Crippen molar-refractivity contribution in [3.05, 3.63) is 35.4 Å². The van der Waals surface area contributed by atoms with Gasteiger partial charge >= 0.3 is 5.97 Å². The fraction of sp³-hybridized carbons (Fsp3) is 0.500. The second-order valence-electron chi connectivity index (χ2n) is 5.47. The van der Waals surface area contributed by atoms with Gasteiger partial charge in [-0.3, -0.25) is 9.59 Å². The number of hydrogen-bond donors (Lipinski definition) is 3. The number of aliphatic carboxylic acids is 1. The van der Waals surface area contributed by atoms with Crippen molar-refractivity contribution in [3.63, 3.8) is 0 Å². The molecule has 1 amide bonds. The normalized spacial score (nSPS) is 21.2. The average molecular weight is 290 g/mol. The maximum absolute atomic E-state index is 12.4. The van der Waals surface area contributed by atoms with Gasteiger partial charge < -0.3 is 15.7 Å². The lowest BCUT2D eigenvalue weighted by atomic mass is 10.0. The topological polar surface area (TPSA) is 78.4 Å². The van der Waals surface area contributed by atoms with Crippen molar-refractivity contribution in [1.29, 1.82) is 0 Å². The molecule has 0 aliphatic heterocycles. The molecule has 1 aromatic carbocycles. The lowest BCUT2D eigenvalue weighted by Crippen LogP contribution is -2.40. The fourth-order valence-corrected chi connectivity index (χ4v) is 2.89. The van der Waals surface area contributed by atoms with Gasteiger partial charge in [-0.1, -0.05) is 24.6 Å². The monoisotopic (exact) mass is 290 g/mol. The number of carboxylic acids is 1. The van der Waals surface area contributed by atoms with Crippen LogP contribution in [-0.4, -0.2) is 36.6 Å². The van der Waals surface area contributed by atoms with E-state index in [1.807, 2.05) is 25.2 Å². The number of carboxylic acid groups (broad SMARTS) is 1. The van der Waals surface area contributed by atoms with E-state index in [2.05, 4.69) is 10.6 Å². The van der Waals surface area contributed by atoms with E-state index in [1.165, 1.54) is 0 Å². The molecule has 1 saturated carbocycles. The Kier molecular flexibility index (Phi) is 5.33. The summed E-state index contributed by atoms with van der Waals surface area (Å²) in [6, 6.07) is 7.23. The summed E-state index contributed by atoms with van der Waals surface area (Å²) >= 11 is 0. The number of carbonyl (C=O) groups is 2. The standard InChI is InChI=1S/C16H22N2O3/c1-17-10-9-11-5-2-3-6-12(11)15(19)18-14-8-4-7-13(14)16(20)21/h2-3,5-6,13-14,17H,4,7-10H2,1H3,(H,18,19)(H,20,21). The van der Waals surface area contributed by atoms with Crippen LogP contribution in [0.15, 0.2) is 24.3 Å². The Bertz CT molecular complexity index is 516. The molecule has 1 aliphatic rings. The molecular formula is C16H22N2O3. The molecule has 0 saturated heterocycles. The molecule has 2 unspecified atom stereocenters. The van der Waals surface area contributed by atoms with Gasteiger partial charge in [-0.05, 0) is 44.5 Å². The summed E-state index contributed by atoms with van der Waals surface area (Å²) in [6.07, 6.45) is 3.00. The van der Waals surface area contributed by atoms with E-state index in [0.29, 0.717) is 12.0 Å². The fourth-order valence-electron chi connectivity index (χ4n) is 2.89. The number of rotatable bonds is 6. The maximum atomic E-state index is 12.4. The summed E-state index contributed by atoms with van der Waals surface area (Å²) in [4.78, 5) is 23.6. The molecule has 1 aliphatic carbocycles. The van der Waals surface area contributed by atoms with Gasteiger partial charge in [0, 0.05) is 11.6 Å². The van der Waals surface area contributed by atoms with Gasteiger partial charge in [0.25, 0.3) is 5.91 Å². The van der Waals surface area contributed by atoms with Gasteiger partial charge in [0.05, 0.1) is 5.92 Å². The number of nitrogens with one attached hydrogen (secondary N) is 2. The highest BCUT2D eigenvalue weighted by Crippen LogP contribution is 2.26. The van der Waals surface area contributed by atoms with Crippen LogP contribution in [0.2, 0.25) is 0 Å². The Labute approximate surface area is 124 Å². The number of likely N-dealkylation sites (N-methyl/N-ethyl adjacent to an activating group) is 1. The molecule has 0 aromatic heterocycles. The largest absolute Gasteiger partial charge is 0.481 e. The molecule has 21 heavy (non-hydrogen) atoms. The lowest BCUT2D eigenvalue weighted by Gasteiger charge is -2.18. The quantitative estimate of drug-likeness (QED) is 0.740. The van der Waals surface area contributed by atoms with Gasteiger partial charge in [0.15, 0.2) is 0 Å². The zero-order valence-corrected chi connectivity index (χ0v) is 12.3. The van der Waals surface area contributed by atoms with Crippen molar-refractivity contribution in [1.82, 2.24) is 10.6 Å². The van der Waals surface area contributed by atoms with Crippen LogP contribution in [0.5, 0.6) is 0 Å². The maximum Gasteiger partial charge on any atom is 0.308 e. The first kappa shape index (κ1) is 15.5.